The number of pyridine rings is 2. The third-order valence-corrected chi connectivity index (χ3v) is 4.85. The molecular weight excluding hydrogens is 330 g/mol. The van der Waals surface area contributed by atoms with Gasteiger partial charge in [-0.15, -0.1) is 0 Å². The monoisotopic (exact) mass is 347 g/mol. The van der Waals surface area contributed by atoms with Crippen molar-refractivity contribution in [3.8, 4) is 5.75 Å². The van der Waals surface area contributed by atoms with Crippen LogP contribution < -0.4 is 5.32 Å². The average Bonchev–Trinajstić information content (AvgIpc) is 3.16. The number of nitrogens with zero attached hydrogens (tertiary/aromatic N) is 2. The first-order chi connectivity index (χ1) is 12.2. The molecule has 0 aliphatic rings. The van der Waals surface area contributed by atoms with Crippen molar-refractivity contribution in [2.24, 2.45) is 0 Å². The van der Waals surface area contributed by atoms with Crippen LogP contribution in [0.15, 0.2) is 65.5 Å². The van der Waals surface area contributed by atoms with Crippen LogP contribution in [0.5, 0.6) is 5.75 Å². The number of hydrogen-bond acceptors (Lipinski definition) is 5. The molecule has 0 bridgehead atoms. The molecule has 3 aromatic heterocycles. The van der Waals surface area contributed by atoms with Gasteiger partial charge in [0.05, 0.1) is 6.04 Å². The summed E-state index contributed by atoms with van der Waals surface area (Å²) in [6, 6.07) is 15.5. The third kappa shape index (κ3) is 3.06. The molecule has 4 rings (SSSR count). The van der Waals surface area contributed by atoms with E-state index < -0.39 is 0 Å². The number of benzene rings is 1. The minimum atomic E-state index is -0.201. The number of fused-ring (bicyclic) bond motifs is 1. The Labute approximate surface area is 149 Å². The summed E-state index contributed by atoms with van der Waals surface area (Å²) >= 11 is 1.63. The van der Waals surface area contributed by atoms with Crippen LogP contribution in [0.4, 0.5) is 5.82 Å². The molecule has 1 aromatic carbocycles. The summed E-state index contributed by atoms with van der Waals surface area (Å²) in [5, 5.41) is 19.4. The number of aromatic nitrogens is 2. The van der Waals surface area contributed by atoms with Crippen LogP contribution in [0.2, 0.25) is 0 Å². The lowest BCUT2D eigenvalue weighted by Crippen LogP contribution is -2.13. The van der Waals surface area contributed by atoms with E-state index >= 15 is 0 Å². The lowest BCUT2D eigenvalue weighted by molar-refractivity contribution is 0.471. The molecule has 4 aromatic rings. The summed E-state index contributed by atoms with van der Waals surface area (Å²) in [6.07, 6.45) is 1.75. The number of aromatic hydroxyl groups is 1. The third-order valence-electron chi connectivity index (χ3n) is 4.15. The zero-order valence-electron chi connectivity index (χ0n) is 13.7. The Morgan fingerprint density at radius 3 is 2.72 bits per heavy atom. The number of aryl methyl sites for hydroxylation is 1. The van der Waals surface area contributed by atoms with Crippen molar-refractivity contribution in [2.45, 2.75) is 13.0 Å². The topological polar surface area (TPSA) is 58.0 Å². The number of hydrogen-bond donors (Lipinski definition) is 2. The van der Waals surface area contributed by atoms with Crippen molar-refractivity contribution in [2.75, 3.05) is 5.32 Å². The molecule has 0 saturated heterocycles. The molecule has 1 atom stereocenters. The van der Waals surface area contributed by atoms with Gasteiger partial charge in [-0.25, -0.2) is 9.97 Å². The van der Waals surface area contributed by atoms with E-state index in [9.17, 15) is 5.11 Å². The van der Waals surface area contributed by atoms with E-state index in [1.165, 1.54) is 0 Å². The van der Waals surface area contributed by atoms with E-state index in [0.29, 0.717) is 5.52 Å². The van der Waals surface area contributed by atoms with Gasteiger partial charge < -0.3 is 10.4 Å². The minimum Gasteiger partial charge on any atom is -0.505 e. The zero-order chi connectivity index (χ0) is 17.2. The fourth-order valence-electron chi connectivity index (χ4n) is 2.90. The highest BCUT2D eigenvalue weighted by molar-refractivity contribution is 7.08. The van der Waals surface area contributed by atoms with Crippen LogP contribution in [-0.2, 0) is 0 Å². The number of anilines is 1. The van der Waals surface area contributed by atoms with Crippen LogP contribution in [0.25, 0.3) is 10.9 Å². The normalized spacial score (nSPS) is 12.2. The SMILES string of the molecule is Cc1ccc2ccc(C(Nc3ccccn3)c3ccsc3)c(O)c2n1. The van der Waals surface area contributed by atoms with Gasteiger partial charge in [-0.05, 0) is 47.5 Å². The Balaban J connectivity index is 1.84. The molecule has 4 nitrogen and oxygen atoms in total. The molecule has 3 heterocycles. The Morgan fingerprint density at radius 1 is 1.08 bits per heavy atom. The molecule has 25 heavy (non-hydrogen) atoms. The summed E-state index contributed by atoms with van der Waals surface area (Å²) in [5.41, 5.74) is 3.37. The first-order valence-electron chi connectivity index (χ1n) is 8.01. The van der Waals surface area contributed by atoms with Crippen molar-refractivity contribution < 1.29 is 5.11 Å². The molecule has 0 fully saturated rings. The Bertz CT molecular complexity index is 1000. The van der Waals surface area contributed by atoms with E-state index in [1.807, 2.05) is 54.8 Å². The zero-order valence-corrected chi connectivity index (χ0v) is 14.5. The first-order valence-corrected chi connectivity index (χ1v) is 8.95. The Kier molecular flexibility index (Phi) is 4.07. The lowest BCUT2D eigenvalue weighted by Gasteiger charge is -2.21. The van der Waals surface area contributed by atoms with E-state index in [-0.39, 0.29) is 11.8 Å². The second kappa shape index (κ2) is 6.53. The molecule has 0 aliphatic heterocycles. The first kappa shape index (κ1) is 15.6. The van der Waals surface area contributed by atoms with Crippen LogP contribution in [0, 0.1) is 6.92 Å². The molecule has 0 radical (unpaired) electrons. The summed E-state index contributed by atoms with van der Waals surface area (Å²) in [5.74, 6) is 0.969. The van der Waals surface area contributed by atoms with Gasteiger partial charge in [0.1, 0.15) is 17.1 Å². The van der Waals surface area contributed by atoms with Crippen LogP contribution in [0.3, 0.4) is 0 Å². The minimum absolute atomic E-state index is 0.201. The van der Waals surface area contributed by atoms with Crippen LogP contribution in [0.1, 0.15) is 22.9 Å². The van der Waals surface area contributed by atoms with E-state index in [2.05, 4.69) is 26.7 Å². The van der Waals surface area contributed by atoms with Gasteiger partial charge in [-0.3, -0.25) is 0 Å². The maximum atomic E-state index is 10.9. The molecule has 2 N–H and O–H groups in total. The molecule has 0 spiro atoms. The van der Waals surface area contributed by atoms with E-state index in [4.69, 9.17) is 0 Å². The van der Waals surface area contributed by atoms with Gasteiger partial charge in [-0.2, -0.15) is 11.3 Å². The summed E-state index contributed by atoms with van der Waals surface area (Å²) in [6.45, 7) is 1.92. The molecule has 0 saturated carbocycles. The van der Waals surface area contributed by atoms with Crippen molar-refractivity contribution in [1.29, 1.82) is 0 Å². The number of thiophene rings is 1. The summed E-state index contributed by atoms with van der Waals surface area (Å²) < 4.78 is 0. The molecular formula is C20H17N3OS. The average molecular weight is 347 g/mol. The van der Waals surface area contributed by atoms with Gasteiger partial charge in [0.25, 0.3) is 0 Å². The van der Waals surface area contributed by atoms with Gasteiger partial charge in [-0.1, -0.05) is 24.3 Å². The number of phenols is 1. The summed E-state index contributed by atoms with van der Waals surface area (Å²) in [7, 11) is 0. The molecule has 124 valence electrons. The van der Waals surface area contributed by atoms with Gasteiger partial charge in [0.15, 0.2) is 0 Å². The van der Waals surface area contributed by atoms with E-state index in [0.717, 1.165) is 28.0 Å². The Hall–Kier alpha value is -2.92. The Morgan fingerprint density at radius 2 is 1.96 bits per heavy atom. The van der Waals surface area contributed by atoms with Gasteiger partial charge in [0, 0.05) is 22.8 Å². The standard InChI is InChI=1S/C20H17N3OS/c1-13-5-6-14-7-8-16(20(24)19(14)22-13)18(15-9-11-25-12-15)23-17-4-2-3-10-21-17/h2-12,18,24H,1H3,(H,21,23). The largest absolute Gasteiger partial charge is 0.505 e. The van der Waals surface area contributed by atoms with Gasteiger partial charge >= 0.3 is 0 Å². The second-order valence-electron chi connectivity index (χ2n) is 5.88. The molecule has 0 amide bonds. The molecule has 5 heteroatoms. The molecule has 1 unspecified atom stereocenters. The maximum absolute atomic E-state index is 10.9. The fourth-order valence-corrected chi connectivity index (χ4v) is 3.58. The van der Waals surface area contributed by atoms with Crippen LogP contribution in [-0.4, -0.2) is 15.1 Å². The van der Waals surface area contributed by atoms with E-state index in [1.54, 1.807) is 17.5 Å². The number of rotatable bonds is 4. The maximum Gasteiger partial charge on any atom is 0.147 e. The quantitative estimate of drug-likeness (QED) is 0.551. The second-order valence-corrected chi connectivity index (χ2v) is 6.66. The van der Waals surface area contributed by atoms with Crippen molar-refractivity contribution in [3.63, 3.8) is 0 Å². The van der Waals surface area contributed by atoms with Crippen molar-refractivity contribution in [3.05, 3.63) is 82.3 Å². The van der Waals surface area contributed by atoms with Crippen molar-refractivity contribution in [1.82, 2.24) is 9.97 Å². The van der Waals surface area contributed by atoms with Crippen LogP contribution >= 0.6 is 11.3 Å². The number of phenolic OH excluding ortho intramolecular Hbond substituents is 1. The predicted octanol–water partition coefficient (Wildman–Crippen LogP) is 4.91. The highest BCUT2D eigenvalue weighted by Crippen LogP contribution is 2.36. The highest BCUT2D eigenvalue weighted by Gasteiger charge is 2.20. The smallest absolute Gasteiger partial charge is 0.147 e. The fraction of sp³-hybridized carbons (Fsp3) is 0.100. The van der Waals surface area contributed by atoms with Crippen molar-refractivity contribution >= 4 is 28.1 Å². The number of nitrogens with one attached hydrogen (secondary N) is 1. The lowest BCUT2D eigenvalue weighted by atomic mass is 9.98. The van der Waals surface area contributed by atoms with Gasteiger partial charge in [0.2, 0.25) is 0 Å². The summed E-state index contributed by atoms with van der Waals surface area (Å²) in [4.78, 5) is 8.87. The predicted molar refractivity (Wildman–Crippen MR) is 102 cm³/mol. The molecule has 0 aliphatic carbocycles. The highest BCUT2D eigenvalue weighted by atomic mass is 32.1.